The molecule has 0 radical (unpaired) electrons. The molecule has 0 atom stereocenters. The van der Waals surface area contributed by atoms with Gasteiger partial charge in [-0.05, 0) is 31.9 Å². The second kappa shape index (κ2) is 6.65. The molecule has 0 amide bonds. The summed E-state index contributed by atoms with van der Waals surface area (Å²) in [5, 5.41) is 7.12. The van der Waals surface area contributed by atoms with E-state index in [0.29, 0.717) is 30.4 Å². The molecule has 0 aromatic heterocycles. The van der Waals surface area contributed by atoms with Crippen molar-refractivity contribution in [1.82, 2.24) is 5.32 Å². The second-order valence-electron chi connectivity index (χ2n) is 3.40. The van der Waals surface area contributed by atoms with Crippen molar-refractivity contribution in [2.45, 2.75) is 0 Å². The van der Waals surface area contributed by atoms with Crippen LogP contribution >= 0.6 is 55.1 Å². The number of nitrogens with one attached hydrogen (secondary N) is 3. The molecule has 100 valence electrons. The van der Waals surface area contributed by atoms with Crippen molar-refractivity contribution in [3.63, 3.8) is 0 Å². The highest BCUT2D eigenvalue weighted by molar-refractivity contribution is 9.11. The predicted octanol–water partition coefficient (Wildman–Crippen LogP) is -1.44. The van der Waals surface area contributed by atoms with Gasteiger partial charge < -0.3 is 22.7 Å². The van der Waals surface area contributed by atoms with Crippen molar-refractivity contribution >= 4 is 72.4 Å². The topological polar surface area (TPSA) is 64.0 Å². The van der Waals surface area contributed by atoms with Crippen molar-refractivity contribution in [2.75, 3.05) is 24.1 Å². The molecule has 0 saturated heterocycles. The molecule has 5 N–H and O–H groups in total. The first-order valence-electron chi connectivity index (χ1n) is 4.75. The maximum absolute atomic E-state index is 6.19. The Labute approximate surface area is 142 Å². The molecule has 0 unspecified atom stereocenters. The lowest BCUT2D eigenvalue weighted by Gasteiger charge is -2.11. The van der Waals surface area contributed by atoms with Crippen LogP contribution in [0.3, 0.4) is 0 Å². The second-order valence-corrected chi connectivity index (χ2v) is 5.74. The number of anilines is 2. The SMILES string of the molecule is Nc1c(Br)c(Cl)c(NC2=[NH+]CCN2)c(Cl)c1Br.[Br-]. The third-order valence-electron chi connectivity index (χ3n) is 2.28. The van der Waals surface area contributed by atoms with Crippen molar-refractivity contribution < 1.29 is 22.0 Å². The van der Waals surface area contributed by atoms with Crippen LogP contribution in [0.4, 0.5) is 11.4 Å². The van der Waals surface area contributed by atoms with Gasteiger partial charge in [0.1, 0.15) is 5.69 Å². The van der Waals surface area contributed by atoms with Crippen molar-refractivity contribution in [1.29, 1.82) is 0 Å². The van der Waals surface area contributed by atoms with Crippen LogP contribution in [0.15, 0.2) is 8.95 Å². The normalized spacial score (nSPS) is 13.7. The van der Waals surface area contributed by atoms with E-state index in [9.17, 15) is 0 Å². The van der Waals surface area contributed by atoms with Gasteiger partial charge in [0.05, 0.1) is 37.8 Å². The minimum Gasteiger partial charge on any atom is -1.00 e. The Morgan fingerprint density at radius 3 is 2.22 bits per heavy atom. The lowest BCUT2D eigenvalue weighted by molar-refractivity contribution is -0.444. The lowest BCUT2D eigenvalue weighted by atomic mass is 10.3. The van der Waals surface area contributed by atoms with E-state index >= 15 is 0 Å². The standard InChI is InChI=1S/C9H8Br2Cl2N4.BrH/c10-3-5(12)8(6(13)4(11)7(3)14)17-9-15-1-2-16-9;/h1-2,14H2,(H2,15,16,17);1H. The Bertz CT molecular complexity index is 478. The number of hydrogen-bond acceptors (Lipinski definition) is 3. The maximum atomic E-state index is 6.19. The Morgan fingerprint density at radius 1 is 1.22 bits per heavy atom. The van der Waals surface area contributed by atoms with Crippen molar-refractivity contribution in [3.8, 4) is 0 Å². The van der Waals surface area contributed by atoms with Crippen LogP contribution in [-0.4, -0.2) is 19.0 Å². The fraction of sp³-hybridized carbons (Fsp3) is 0.222. The molecule has 18 heavy (non-hydrogen) atoms. The molecule has 1 aromatic carbocycles. The Balaban J connectivity index is 0.00000162. The average Bonchev–Trinajstić information content (AvgIpc) is 2.82. The number of halogens is 5. The molecule has 0 aliphatic carbocycles. The molecule has 9 heteroatoms. The summed E-state index contributed by atoms with van der Waals surface area (Å²) in [7, 11) is 0. The first kappa shape index (κ1) is 16.4. The molecule has 1 heterocycles. The molecule has 2 rings (SSSR count). The van der Waals surface area contributed by atoms with E-state index < -0.39 is 0 Å². The lowest BCUT2D eigenvalue weighted by Crippen LogP contribution is -3.00. The number of rotatable bonds is 1. The van der Waals surface area contributed by atoms with Crippen LogP contribution in [0.1, 0.15) is 0 Å². The van der Waals surface area contributed by atoms with Crippen LogP contribution in [0, 0.1) is 0 Å². The molecule has 4 nitrogen and oxygen atoms in total. The Morgan fingerprint density at radius 2 is 1.78 bits per heavy atom. The summed E-state index contributed by atoms with van der Waals surface area (Å²) < 4.78 is 1.22. The number of benzene rings is 1. The van der Waals surface area contributed by atoms with E-state index in [0.717, 1.165) is 19.0 Å². The summed E-state index contributed by atoms with van der Waals surface area (Å²) in [6.45, 7) is 1.71. The van der Waals surface area contributed by atoms with Gasteiger partial charge in [0, 0.05) is 0 Å². The number of hydrogen-bond donors (Lipinski definition) is 4. The average molecular weight is 484 g/mol. The third-order valence-corrected chi connectivity index (χ3v) is 5.14. The van der Waals surface area contributed by atoms with Gasteiger partial charge >= 0.3 is 5.96 Å². The molecular formula is C9H9Br3Cl2N4. The van der Waals surface area contributed by atoms with Crippen LogP contribution in [-0.2, 0) is 0 Å². The van der Waals surface area contributed by atoms with Gasteiger partial charge in [0.25, 0.3) is 0 Å². The largest absolute Gasteiger partial charge is 1.00 e. The number of guanidine groups is 1. The summed E-state index contributed by atoms with van der Waals surface area (Å²) in [5.74, 6) is 0.775. The smallest absolute Gasteiger partial charge is 0.348 e. The zero-order valence-corrected chi connectivity index (χ0v) is 15.2. The monoisotopic (exact) mass is 480 g/mol. The third kappa shape index (κ3) is 3.07. The predicted molar refractivity (Wildman–Crippen MR) is 78.7 cm³/mol. The molecule has 0 spiro atoms. The Kier molecular flexibility index (Phi) is 6.05. The summed E-state index contributed by atoms with van der Waals surface area (Å²) in [5.41, 5.74) is 6.90. The van der Waals surface area contributed by atoms with E-state index in [4.69, 9.17) is 28.9 Å². The zero-order valence-electron chi connectivity index (χ0n) is 8.88. The summed E-state index contributed by atoms with van der Waals surface area (Å²) in [6, 6.07) is 0. The minimum absolute atomic E-state index is 0. The van der Waals surface area contributed by atoms with Gasteiger partial charge in [-0.15, -0.1) is 0 Å². The van der Waals surface area contributed by atoms with Crippen LogP contribution in [0.5, 0.6) is 0 Å². The van der Waals surface area contributed by atoms with Gasteiger partial charge in [-0.1, -0.05) is 23.2 Å². The van der Waals surface area contributed by atoms with E-state index in [1.165, 1.54) is 0 Å². The number of nitrogen functional groups attached to an aromatic ring is 1. The summed E-state index contributed by atoms with van der Waals surface area (Å²) in [4.78, 5) is 3.13. The molecule has 0 saturated carbocycles. The summed E-state index contributed by atoms with van der Waals surface area (Å²) >= 11 is 19.0. The van der Waals surface area contributed by atoms with Gasteiger partial charge in [0.15, 0.2) is 0 Å². The van der Waals surface area contributed by atoms with Gasteiger partial charge in [-0.3, -0.25) is 10.3 Å². The minimum atomic E-state index is 0. The van der Waals surface area contributed by atoms with E-state index in [-0.39, 0.29) is 17.0 Å². The quantitative estimate of drug-likeness (QED) is 0.292. The van der Waals surface area contributed by atoms with Gasteiger partial charge in [0.2, 0.25) is 0 Å². The fourth-order valence-electron chi connectivity index (χ4n) is 1.41. The van der Waals surface area contributed by atoms with E-state index in [2.05, 4.69) is 47.5 Å². The van der Waals surface area contributed by atoms with Gasteiger partial charge in [-0.2, -0.15) is 0 Å². The van der Waals surface area contributed by atoms with E-state index in [1.54, 1.807) is 0 Å². The number of nitrogens with two attached hydrogens (primary N) is 1. The zero-order chi connectivity index (χ0) is 12.6. The first-order chi connectivity index (χ1) is 8.02. The molecular weight excluding hydrogens is 475 g/mol. The molecule has 0 bridgehead atoms. The molecule has 0 fully saturated rings. The van der Waals surface area contributed by atoms with Crippen molar-refractivity contribution in [2.24, 2.45) is 0 Å². The molecule has 1 aliphatic heterocycles. The van der Waals surface area contributed by atoms with Crippen LogP contribution in [0.2, 0.25) is 10.0 Å². The fourth-order valence-corrected chi connectivity index (χ4v) is 3.00. The van der Waals surface area contributed by atoms with Crippen molar-refractivity contribution in [3.05, 3.63) is 19.0 Å². The van der Waals surface area contributed by atoms with Gasteiger partial charge in [-0.25, -0.2) is 5.32 Å². The Hall–Kier alpha value is 0.310. The van der Waals surface area contributed by atoms with E-state index in [1.807, 2.05) is 0 Å². The summed E-state index contributed by atoms with van der Waals surface area (Å²) in [6.07, 6.45) is 0. The van der Waals surface area contributed by atoms with Crippen LogP contribution in [0.25, 0.3) is 0 Å². The highest BCUT2D eigenvalue weighted by atomic mass is 79.9. The molecule has 1 aliphatic rings. The molecule has 1 aromatic rings. The van der Waals surface area contributed by atoms with Crippen LogP contribution < -0.4 is 38.3 Å². The highest BCUT2D eigenvalue weighted by Gasteiger charge is 2.23. The highest BCUT2D eigenvalue weighted by Crippen LogP contribution is 2.46. The maximum Gasteiger partial charge on any atom is 0.348 e. The first-order valence-corrected chi connectivity index (χ1v) is 7.09.